The van der Waals surface area contributed by atoms with Crippen LogP contribution in [0.15, 0.2) is 103 Å². The lowest BCUT2D eigenvalue weighted by atomic mass is 9.93. The van der Waals surface area contributed by atoms with Gasteiger partial charge in [0.2, 0.25) is 0 Å². The van der Waals surface area contributed by atoms with Gasteiger partial charge in [-0.15, -0.1) is 0 Å². The second kappa shape index (κ2) is 9.90. The predicted molar refractivity (Wildman–Crippen MR) is 160 cm³/mol. The fourth-order valence-corrected chi connectivity index (χ4v) is 6.27. The maximum Gasteiger partial charge on any atom is 0.416 e. The third kappa shape index (κ3) is 4.06. The van der Waals surface area contributed by atoms with Crippen LogP contribution in [0, 0.1) is 34.3 Å². The van der Waals surface area contributed by atoms with Gasteiger partial charge in [0.1, 0.15) is 29.3 Å². The Hall–Kier alpha value is -5.79. The molecule has 0 bridgehead atoms. The molecule has 0 amide bonds. The fraction of sp³-hybridized carbons (Fsp3) is 0.0270. The van der Waals surface area contributed by atoms with Crippen molar-refractivity contribution in [1.82, 2.24) is 0 Å². The van der Waals surface area contributed by atoms with Crippen LogP contribution >= 0.6 is 0 Å². The number of rotatable bonds is 3. The van der Waals surface area contributed by atoms with E-state index in [0.717, 1.165) is 50.4 Å². The zero-order valence-corrected chi connectivity index (χ0v) is 22.6. The molecule has 44 heavy (non-hydrogen) atoms. The van der Waals surface area contributed by atoms with Crippen molar-refractivity contribution in [3.8, 4) is 56.6 Å². The van der Waals surface area contributed by atoms with E-state index >= 15 is 0 Å². The van der Waals surface area contributed by atoms with Crippen LogP contribution in [0.5, 0.6) is 0 Å². The number of benzene rings is 5. The van der Waals surface area contributed by atoms with E-state index in [1.54, 1.807) is 24.3 Å². The van der Waals surface area contributed by atoms with Crippen molar-refractivity contribution >= 4 is 27.1 Å². The van der Waals surface area contributed by atoms with Crippen molar-refractivity contribution in [2.45, 2.75) is 6.18 Å². The van der Waals surface area contributed by atoms with Crippen LogP contribution in [-0.4, -0.2) is 0 Å². The molecule has 0 N–H and O–H groups in total. The highest BCUT2D eigenvalue weighted by Crippen LogP contribution is 2.52. The van der Waals surface area contributed by atoms with Gasteiger partial charge in [-0.25, -0.2) is 8.78 Å². The Morgan fingerprint density at radius 2 is 1.00 bits per heavy atom. The summed E-state index contributed by atoms with van der Waals surface area (Å²) < 4.78 is 67.9. The molecule has 210 valence electrons. The predicted octanol–water partition coefficient (Wildman–Crippen LogP) is 9.75. The molecule has 0 heterocycles. The summed E-state index contributed by atoms with van der Waals surface area (Å²) in [7, 11) is 0. The molecular formula is C37H17F5N2. The summed E-state index contributed by atoms with van der Waals surface area (Å²) >= 11 is 0. The number of hydrogen-bond acceptors (Lipinski definition) is 2. The molecule has 0 atom stereocenters. The smallest absolute Gasteiger partial charge is 0.207 e. The third-order valence-corrected chi connectivity index (χ3v) is 8.09. The van der Waals surface area contributed by atoms with Crippen LogP contribution in [0.3, 0.4) is 0 Å². The second-order valence-corrected chi connectivity index (χ2v) is 10.5. The second-order valence-electron chi connectivity index (χ2n) is 10.5. The first-order valence-electron chi connectivity index (χ1n) is 13.5. The van der Waals surface area contributed by atoms with Gasteiger partial charge in [-0.2, -0.15) is 23.7 Å². The quantitative estimate of drug-likeness (QED) is 0.194. The molecule has 7 rings (SSSR count). The van der Waals surface area contributed by atoms with Crippen molar-refractivity contribution in [3.63, 3.8) is 0 Å². The van der Waals surface area contributed by atoms with Crippen LogP contribution in [0.1, 0.15) is 5.56 Å². The molecular weight excluding hydrogens is 567 g/mol. The summed E-state index contributed by atoms with van der Waals surface area (Å²) in [6.45, 7) is 0. The highest BCUT2D eigenvalue weighted by atomic mass is 19.4. The number of nitriles is 2. The molecule has 0 saturated carbocycles. The lowest BCUT2D eigenvalue weighted by molar-refractivity contribution is -0.137. The van der Waals surface area contributed by atoms with E-state index < -0.39 is 23.4 Å². The monoisotopic (exact) mass is 584 g/mol. The molecule has 7 heteroatoms. The van der Waals surface area contributed by atoms with E-state index in [9.17, 15) is 32.5 Å². The number of alkyl halides is 3. The van der Waals surface area contributed by atoms with Gasteiger partial charge in [0, 0.05) is 16.3 Å². The zero-order chi connectivity index (χ0) is 30.7. The number of nitrogens with zero attached hydrogens (tertiary/aromatic N) is 2. The normalized spacial score (nSPS) is 11.7. The van der Waals surface area contributed by atoms with Gasteiger partial charge in [0.25, 0.3) is 0 Å². The van der Waals surface area contributed by atoms with E-state index in [-0.39, 0.29) is 5.57 Å². The number of fused-ring (bicyclic) bond motifs is 3. The van der Waals surface area contributed by atoms with Crippen LogP contribution in [0.25, 0.3) is 71.6 Å². The Bertz CT molecular complexity index is 2220. The lowest BCUT2D eigenvalue weighted by Gasteiger charge is -2.11. The Morgan fingerprint density at radius 3 is 1.50 bits per heavy atom. The molecule has 5 aromatic rings. The van der Waals surface area contributed by atoms with Gasteiger partial charge >= 0.3 is 6.18 Å². The molecule has 0 aromatic heterocycles. The summed E-state index contributed by atoms with van der Waals surface area (Å²) in [5, 5.41) is 23.8. The minimum atomic E-state index is -4.46. The Kier molecular flexibility index (Phi) is 6.09. The number of halogens is 5. The molecule has 0 spiro atoms. The van der Waals surface area contributed by atoms with Crippen molar-refractivity contribution < 1.29 is 22.0 Å². The van der Waals surface area contributed by atoms with Crippen LogP contribution in [0.2, 0.25) is 0 Å². The summed E-state index contributed by atoms with van der Waals surface area (Å²) in [5.41, 5.74) is 4.23. The molecule has 2 aliphatic rings. The topological polar surface area (TPSA) is 47.6 Å². The minimum Gasteiger partial charge on any atom is -0.207 e. The van der Waals surface area contributed by atoms with Crippen LogP contribution < -0.4 is 5.22 Å². The Labute approximate surface area is 247 Å². The van der Waals surface area contributed by atoms with Crippen molar-refractivity contribution in [3.05, 3.63) is 126 Å². The van der Waals surface area contributed by atoms with Crippen molar-refractivity contribution in [2.24, 2.45) is 0 Å². The van der Waals surface area contributed by atoms with E-state index in [2.05, 4.69) is 0 Å². The average Bonchev–Trinajstić information content (AvgIpc) is 3.53. The van der Waals surface area contributed by atoms with Gasteiger partial charge in [-0.1, -0.05) is 66.7 Å². The lowest BCUT2D eigenvalue weighted by Crippen LogP contribution is -2.09. The summed E-state index contributed by atoms with van der Waals surface area (Å²) in [6.07, 6.45) is -4.46. The van der Waals surface area contributed by atoms with Crippen LogP contribution in [0.4, 0.5) is 22.0 Å². The van der Waals surface area contributed by atoms with E-state index in [4.69, 9.17) is 0 Å². The largest absolute Gasteiger partial charge is 0.416 e. The molecule has 0 saturated heterocycles. The Balaban J connectivity index is 1.66. The van der Waals surface area contributed by atoms with Crippen molar-refractivity contribution in [1.29, 1.82) is 10.5 Å². The first-order chi connectivity index (χ1) is 21.2. The third-order valence-electron chi connectivity index (χ3n) is 8.09. The minimum absolute atomic E-state index is 0.145. The molecule has 2 aliphatic carbocycles. The fourth-order valence-electron chi connectivity index (χ4n) is 6.27. The maximum absolute atomic E-state index is 14.1. The zero-order valence-electron chi connectivity index (χ0n) is 22.6. The highest BCUT2D eigenvalue weighted by Gasteiger charge is 2.32. The standard InChI is InChI=1S/C37H17F5N2/c38-25-12-6-21(7-13-25)31-33(23(18-43)19-44)32(22-8-14-26(39)15-9-22)36-30-17-16-27(20-4-10-24(11-5-20)37(40,41)42)28-2-1-3-29(34(28)30)35(31)36/h1-17H. The van der Waals surface area contributed by atoms with Crippen LogP contribution in [-0.2, 0) is 6.18 Å². The van der Waals surface area contributed by atoms with E-state index in [0.29, 0.717) is 33.0 Å². The van der Waals surface area contributed by atoms with Gasteiger partial charge in [-0.3, -0.25) is 0 Å². The molecule has 5 aromatic carbocycles. The SMILES string of the molecule is N#CC(C#N)=c1c(-c2ccc(F)cc2)c2c3cccc4c(-c5ccc(C(F)(F)F)cc5)ccc(c-2c1-c1ccc(F)cc1)c43. The summed E-state index contributed by atoms with van der Waals surface area (Å²) in [4.78, 5) is 0. The van der Waals surface area contributed by atoms with E-state index in [1.807, 2.05) is 42.5 Å². The first-order valence-corrected chi connectivity index (χ1v) is 13.5. The maximum atomic E-state index is 14.1. The highest BCUT2D eigenvalue weighted by molar-refractivity contribution is 6.31. The summed E-state index contributed by atoms with van der Waals surface area (Å²) in [5.74, 6) is -0.901. The Morgan fingerprint density at radius 1 is 0.523 bits per heavy atom. The van der Waals surface area contributed by atoms with Gasteiger partial charge < -0.3 is 0 Å². The van der Waals surface area contributed by atoms with Gasteiger partial charge in [0.05, 0.1) is 5.56 Å². The average molecular weight is 585 g/mol. The molecule has 0 radical (unpaired) electrons. The first kappa shape index (κ1) is 27.1. The molecule has 0 fully saturated rings. The molecule has 0 unspecified atom stereocenters. The molecule has 0 aliphatic heterocycles. The number of hydrogen-bond donors (Lipinski definition) is 0. The molecule has 2 nitrogen and oxygen atoms in total. The van der Waals surface area contributed by atoms with Gasteiger partial charge in [-0.05, 0) is 91.3 Å². The van der Waals surface area contributed by atoms with E-state index in [1.165, 1.54) is 36.4 Å². The van der Waals surface area contributed by atoms with Crippen molar-refractivity contribution in [2.75, 3.05) is 0 Å². The summed E-state index contributed by atoms with van der Waals surface area (Å²) in [6, 6.07) is 30.0. The van der Waals surface area contributed by atoms with Gasteiger partial charge in [0.15, 0.2) is 0 Å².